The summed E-state index contributed by atoms with van der Waals surface area (Å²) in [5.41, 5.74) is 0.701. The summed E-state index contributed by atoms with van der Waals surface area (Å²) < 4.78 is 10.1. The summed E-state index contributed by atoms with van der Waals surface area (Å²) in [5, 5.41) is 8.77. The van der Waals surface area contributed by atoms with E-state index < -0.39 is 18.0 Å². The number of hydrogen-bond acceptors (Lipinski definition) is 6. The molecule has 0 aliphatic carbocycles. The van der Waals surface area contributed by atoms with Crippen LogP contribution < -0.4 is 10.6 Å². The van der Waals surface area contributed by atoms with Crippen molar-refractivity contribution in [1.82, 2.24) is 5.16 Å². The lowest BCUT2D eigenvalue weighted by Crippen LogP contribution is -2.32. The van der Waals surface area contributed by atoms with Crippen molar-refractivity contribution in [1.29, 1.82) is 0 Å². The number of nitrogens with zero attached hydrogens (tertiary/aromatic N) is 1. The molecule has 0 saturated heterocycles. The van der Waals surface area contributed by atoms with Gasteiger partial charge in [0.2, 0.25) is 5.91 Å². The molecule has 0 bridgehead atoms. The smallest absolute Gasteiger partial charge is 0.338 e. The minimum Gasteiger partial charge on any atom is -0.449 e. The highest BCUT2D eigenvalue weighted by molar-refractivity contribution is 5.98. The van der Waals surface area contributed by atoms with Gasteiger partial charge in [0.05, 0.1) is 5.56 Å². The third-order valence-corrected chi connectivity index (χ3v) is 3.21. The van der Waals surface area contributed by atoms with Gasteiger partial charge in [0.1, 0.15) is 5.76 Å². The fourth-order valence-corrected chi connectivity index (χ4v) is 2.08. The zero-order valence-corrected chi connectivity index (χ0v) is 14.2. The number of ether oxygens (including phenoxy) is 1. The predicted molar refractivity (Wildman–Crippen MR) is 90.1 cm³/mol. The van der Waals surface area contributed by atoms with Crippen LogP contribution in [0.15, 0.2) is 34.9 Å². The average molecular weight is 345 g/mol. The van der Waals surface area contributed by atoms with Crippen LogP contribution in [0.5, 0.6) is 0 Å². The molecule has 0 unspecified atom stereocenters. The monoisotopic (exact) mass is 345 g/mol. The molecule has 2 rings (SSSR count). The van der Waals surface area contributed by atoms with E-state index in [1.54, 1.807) is 38.1 Å². The van der Waals surface area contributed by atoms with Crippen LogP contribution in [0.2, 0.25) is 0 Å². The third kappa shape index (κ3) is 5.17. The predicted octanol–water partition coefficient (Wildman–Crippen LogP) is 2.52. The van der Waals surface area contributed by atoms with Crippen LogP contribution in [0.1, 0.15) is 36.4 Å². The Labute approximate surface area is 144 Å². The summed E-state index contributed by atoms with van der Waals surface area (Å²) in [6.07, 6.45) is -0.686. The van der Waals surface area contributed by atoms with E-state index in [4.69, 9.17) is 9.26 Å². The average Bonchev–Trinajstić information content (AvgIpc) is 2.96. The minimum atomic E-state index is -0.978. The molecule has 0 aliphatic rings. The highest BCUT2D eigenvalue weighted by Crippen LogP contribution is 2.14. The zero-order chi connectivity index (χ0) is 18.4. The van der Waals surface area contributed by atoms with E-state index in [0.29, 0.717) is 17.9 Å². The van der Waals surface area contributed by atoms with Crippen LogP contribution in [-0.4, -0.2) is 29.0 Å². The number of esters is 1. The summed E-state index contributed by atoms with van der Waals surface area (Å²) in [7, 11) is 0. The number of aromatic nitrogens is 1. The number of carbonyl (C=O) groups is 3. The molecule has 1 atom stereocenters. The molecular formula is C17H19N3O5. The van der Waals surface area contributed by atoms with Crippen LogP contribution in [0.3, 0.4) is 0 Å². The molecule has 0 fully saturated rings. The molecule has 2 N–H and O–H groups in total. The Balaban J connectivity index is 2.03. The number of carbonyl (C=O) groups excluding carboxylic acids is 3. The standard InChI is InChI=1S/C17H19N3O5/c1-4-14(16(22)19-15-8-10(2)25-20-15)24-17(23)12-6-5-7-13(9-12)18-11(3)21/h5-9,14H,4H2,1-3H3,(H,18,21)(H,19,20,22)/t14-/m0/s1. The first-order valence-electron chi connectivity index (χ1n) is 7.72. The second kappa shape index (κ2) is 8.09. The molecule has 1 aromatic heterocycles. The van der Waals surface area contributed by atoms with E-state index in [1.807, 2.05) is 0 Å². The van der Waals surface area contributed by atoms with Crippen LogP contribution in [0.25, 0.3) is 0 Å². The Morgan fingerprint density at radius 3 is 2.60 bits per heavy atom. The highest BCUT2D eigenvalue weighted by atomic mass is 16.5. The van der Waals surface area contributed by atoms with Gasteiger partial charge in [-0.25, -0.2) is 4.79 Å². The van der Waals surface area contributed by atoms with Crippen LogP contribution in [0, 0.1) is 6.92 Å². The van der Waals surface area contributed by atoms with E-state index in [1.165, 1.54) is 13.0 Å². The topological polar surface area (TPSA) is 111 Å². The molecule has 0 saturated carbocycles. The van der Waals surface area contributed by atoms with Crippen LogP contribution in [0.4, 0.5) is 11.5 Å². The Morgan fingerprint density at radius 2 is 2.00 bits per heavy atom. The minimum absolute atomic E-state index is 0.231. The fourth-order valence-electron chi connectivity index (χ4n) is 2.08. The lowest BCUT2D eigenvalue weighted by Gasteiger charge is -2.15. The van der Waals surface area contributed by atoms with Crippen molar-refractivity contribution in [2.45, 2.75) is 33.3 Å². The van der Waals surface area contributed by atoms with Gasteiger partial charge in [-0.05, 0) is 31.5 Å². The lowest BCUT2D eigenvalue weighted by molar-refractivity contribution is -0.124. The van der Waals surface area contributed by atoms with Gasteiger partial charge in [0, 0.05) is 18.7 Å². The maximum Gasteiger partial charge on any atom is 0.338 e. The van der Waals surface area contributed by atoms with E-state index in [2.05, 4.69) is 15.8 Å². The number of anilines is 2. The largest absolute Gasteiger partial charge is 0.449 e. The van der Waals surface area contributed by atoms with Gasteiger partial charge in [0.25, 0.3) is 5.91 Å². The third-order valence-electron chi connectivity index (χ3n) is 3.21. The van der Waals surface area contributed by atoms with Gasteiger partial charge in [-0.3, -0.25) is 9.59 Å². The molecular weight excluding hydrogens is 326 g/mol. The van der Waals surface area contributed by atoms with Gasteiger partial charge in [0.15, 0.2) is 11.9 Å². The molecule has 2 amide bonds. The Morgan fingerprint density at radius 1 is 1.24 bits per heavy atom. The summed E-state index contributed by atoms with van der Waals surface area (Å²) in [6.45, 7) is 4.79. The van der Waals surface area contributed by atoms with Crippen molar-refractivity contribution in [3.05, 3.63) is 41.7 Å². The quantitative estimate of drug-likeness (QED) is 0.778. The zero-order valence-electron chi connectivity index (χ0n) is 14.2. The number of aryl methyl sites for hydroxylation is 1. The molecule has 25 heavy (non-hydrogen) atoms. The Kier molecular flexibility index (Phi) is 5.89. The second-order valence-corrected chi connectivity index (χ2v) is 5.38. The van der Waals surface area contributed by atoms with Gasteiger partial charge < -0.3 is 19.9 Å². The van der Waals surface area contributed by atoms with E-state index >= 15 is 0 Å². The van der Waals surface area contributed by atoms with Gasteiger partial charge in [-0.2, -0.15) is 0 Å². The van der Waals surface area contributed by atoms with Crippen molar-refractivity contribution in [3.8, 4) is 0 Å². The molecule has 1 heterocycles. The molecule has 0 aliphatic heterocycles. The first-order valence-corrected chi connectivity index (χ1v) is 7.72. The van der Waals surface area contributed by atoms with E-state index in [0.717, 1.165) is 0 Å². The molecule has 0 radical (unpaired) electrons. The second-order valence-electron chi connectivity index (χ2n) is 5.38. The van der Waals surface area contributed by atoms with E-state index in [-0.39, 0.29) is 17.3 Å². The van der Waals surface area contributed by atoms with Crippen molar-refractivity contribution in [2.24, 2.45) is 0 Å². The van der Waals surface area contributed by atoms with Crippen LogP contribution >= 0.6 is 0 Å². The summed E-state index contributed by atoms with van der Waals surface area (Å²) in [4.78, 5) is 35.6. The molecule has 0 spiro atoms. The lowest BCUT2D eigenvalue weighted by atomic mass is 10.2. The first kappa shape index (κ1) is 18.2. The number of nitrogens with one attached hydrogen (secondary N) is 2. The molecule has 1 aromatic carbocycles. The summed E-state index contributed by atoms with van der Waals surface area (Å²) >= 11 is 0. The fraction of sp³-hybridized carbons (Fsp3) is 0.294. The SMILES string of the molecule is CC[C@H](OC(=O)c1cccc(NC(C)=O)c1)C(=O)Nc1cc(C)on1. The maximum absolute atomic E-state index is 12.3. The molecule has 2 aromatic rings. The van der Waals surface area contributed by atoms with Crippen molar-refractivity contribution in [2.75, 3.05) is 10.6 Å². The van der Waals surface area contributed by atoms with E-state index in [9.17, 15) is 14.4 Å². The van der Waals surface area contributed by atoms with Gasteiger partial charge >= 0.3 is 5.97 Å². The summed E-state index contributed by atoms with van der Waals surface area (Å²) in [5.74, 6) is -0.605. The van der Waals surface area contributed by atoms with Crippen molar-refractivity contribution >= 4 is 29.3 Å². The Hall–Kier alpha value is -3.16. The molecule has 8 nitrogen and oxygen atoms in total. The normalized spacial score (nSPS) is 11.5. The van der Waals surface area contributed by atoms with Crippen LogP contribution in [-0.2, 0) is 14.3 Å². The number of rotatable bonds is 6. The summed E-state index contributed by atoms with van der Waals surface area (Å²) in [6, 6.07) is 7.84. The maximum atomic E-state index is 12.3. The Bertz CT molecular complexity index is 784. The number of hydrogen-bond donors (Lipinski definition) is 2. The van der Waals surface area contributed by atoms with Gasteiger partial charge in [-0.1, -0.05) is 18.1 Å². The van der Waals surface area contributed by atoms with Crippen molar-refractivity contribution in [3.63, 3.8) is 0 Å². The van der Waals surface area contributed by atoms with Crippen molar-refractivity contribution < 1.29 is 23.6 Å². The number of amides is 2. The molecule has 8 heteroatoms. The van der Waals surface area contributed by atoms with Gasteiger partial charge in [-0.15, -0.1) is 0 Å². The first-order chi connectivity index (χ1) is 11.9. The highest BCUT2D eigenvalue weighted by Gasteiger charge is 2.23. The number of benzene rings is 1. The molecule has 132 valence electrons.